The molecule has 1 aromatic rings. The van der Waals surface area contributed by atoms with E-state index in [-0.39, 0.29) is 19.7 Å². The molecule has 1 aromatic heterocycles. The van der Waals surface area contributed by atoms with Crippen molar-refractivity contribution in [3.05, 3.63) is 22.9 Å². The molecule has 0 saturated carbocycles. The summed E-state index contributed by atoms with van der Waals surface area (Å²) in [5, 5.41) is 9.02. The summed E-state index contributed by atoms with van der Waals surface area (Å²) in [5.41, 5.74) is 8.61. The van der Waals surface area contributed by atoms with Crippen molar-refractivity contribution in [2.24, 2.45) is 5.73 Å². The Bertz CT molecular complexity index is 440. The van der Waals surface area contributed by atoms with Crippen LogP contribution >= 0.6 is 0 Å². The Labute approximate surface area is 111 Å². The minimum absolute atomic E-state index is 0.142. The number of fused-ring (bicyclic) bond motifs is 1. The molecule has 0 aromatic carbocycles. The van der Waals surface area contributed by atoms with E-state index in [9.17, 15) is 8.78 Å². The number of hydrogen-bond acceptors (Lipinski definition) is 4. The number of hydrogen-bond donors (Lipinski definition) is 2. The van der Waals surface area contributed by atoms with Gasteiger partial charge in [0.2, 0.25) is 0 Å². The van der Waals surface area contributed by atoms with E-state index >= 15 is 0 Å². The molecule has 0 radical (unpaired) electrons. The van der Waals surface area contributed by atoms with Crippen LogP contribution in [0, 0.1) is 0 Å². The second-order valence-electron chi connectivity index (χ2n) is 4.70. The van der Waals surface area contributed by atoms with Crippen molar-refractivity contribution in [2.45, 2.75) is 32.2 Å². The molecule has 3 N–H and O–H groups in total. The van der Waals surface area contributed by atoms with E-state index in [2.05, 4.69) is 4.98 Å². The fraction of sp³-hybridized carbons (Fsp3) is 0.615. The maximum absolute atomic E-state index is 12.6. The van der Waals surface area contributed by atoms with E-state index < -0.39 is 13.0 Å². The van der Waals surface area contributed by atoms with Gasteiger partial charge in [-0.05, 0) is 30.9 Å². The van der Waals surface area contributed by atoms with Crippen LogP contribution < -0.4 is 10.6 Å². The highest BCUT2D eigenvalue weighted by molar-refractivity contribution is 5.51. The van der Waals surface area contributed by atoms with Crippen LogP contribution in [-0.2, 0) is 19.4 Å². The average Bonchev–Trinajstić information content (AvgIpc) is 2.83. The van der Waals surface area contributed by atoms with E-state index in [0.717, 1.165) is 30.5 Å². The topological polar surface area (TPSA) is 62.4 Å². The van der Waals surface area contributed by atoms with Crippen molar-refractivity contribution >= 4 is 5.82 Å². The fourth-order valence-electron chi connectivity index (χ4n) is 2.50. The molecule has 0 saturated heterocycles. The summed E-state index contributed by atoms with van der Waals surface area (Å²) in [6.45, 7) is -0.210. The van der Waals surface area contributed by atoms with Crippen molar-refractivity contribution in [1.82, 2.24) is 4.98 Å². The molecule has 6 heteroatoms. The summed E-state index contributed by atoms with van der Waals surface area (Å²) < 4.78 is 25.2. The molecule has 19 heavy (non-hydrogen) atoms. The molecule has 0 bridgehead atoms. The molecule has 4 nitrogen and oxygen atoms in total. The fourth-order valence-corrected chi connectivity index (χ4v) is 2.50. The minimum Gasteiger partial charge on any atom is -0.395 e. The molecule has 1 aliphatic carbocycles. The molecule has 0 unspecified atom stereocenters. The number of halogens is 2. The van der Waals surface area contributed by atoms with E-state index in [1.54, 1.807) is 0 Å². The van der Waals surface area contributed by atoms with Crippen molar-refractivity contribution in [1.29, 1.82) is 0 Å². The number of rotatable bonds is 6. The summed E-state index contributed by atoms with van der Waals surface area (Å²) in [4.78, 5) is 5.92. The zero-order valence-corrected chi connectivity index (χ0v) is 10.8. The lowest BCUT2D eigenvalue weighted by Crippen LogP contribution is -2.33. The highest BCUT2D eigenvalue weighted by Gasteiger charge is 2.21. The first-order chi connectivity index (χ1) is 9.15. The maximum Gasteiger partial charge on any atom is 0.255 e. The zero-order chi connectivity index (χ0) is 13.8. The molecule has 2 rings (SSSR count). The van der Waals surface area contributed by atoms with E-state index in [4.69, 9.17) is 10.8 Å². The number of nitrogens with two attached hydrogens (primary N) is 1. The second kappa shape index (κ2) is 6.25. The summed E-state index contributed by atoms with van der Waals surface area (Å²) in [5.74, 6) is 0.498. The van der Waals surface area contributed by atoms with Gasteiger partial charge in [0.05, 0.1) is 13.2 Å². The smallest absolute Gasteiger partial charge is 0.255 e. The van der Waals surface area contributed by atoms with Crippen LogP contribution in [0.3, 0.4) is 0 Å². The molecular formula is C13H19F2N3O. The van der Waals surface area contributed by atoms with Gasteiger partial charge in [-0.1, -0.05) is 0 Å². The first-order valence-corrected chi connectivity index (χ1v) is 6.51. The van der Waals surface area contributed by atoms with Crippen LogP contribution in [0.5, 0.6) is 0 Å². The van der Waals surface area contributed by atoms with Crippen molar-refractivity contribution < 1.29 is 13.9 Å². The highest BCUT2D eigenvalue weighted by atomic mass is 19.3. The van der Waals surface area contributed by atoms with Crippen LogP contribution in [0.4, 0.5) is 14.6 Å². The minimum atomic E-state index is -2.47. The standard InChI is InChI=1S/C13H19F2N3O/c14-12(15)8-18(4-5-19)13-10(7-16)6-9-2-1-3-11(9)17-13/h6,12,19H,1-5,7-8,16H2. The third-order valence-electron chi connectivity index (χ3n) is 3.35. The molecule has 106 valence electrons. The van der Waals surface area contributed by atoms with Gasteiger partial charge < -0.3 is 15.7 Å². The van der Waals surface area contributed by atoms with Gasteiger partial charge in [-0.25, -0.2) is 13.8 Å². The molecule has 0 aliphatic heterocycles. The number of aromatic nitrogens is 1. The number of aryl methyl sites for hydroxylation is 2. The largest absolute Gasteiger partial charge is 0.395 e. The molecule has 1 aliphatic rings. The van der Waals surface area contributed by atoms with Gasteiger partial charge in [-0.15, -0.1) is 0 Å². The van der Waals surface area contributed by atoms with Crippen LogP contribution in [0.1, 0.15) is 23.2 Å². The van der Waals surface area contributed by atoms with Gasteiger partial charge in [0.15, 0.2) is 0 Å². The van der Waals surface area contributed by atoms with Crippen LogP contribution in [0.2, 0.25) is 0 Å². The third kappa shape index (κ3) is 3.19. The van der Waals surface area contributed by atoms with Crippen molar-refractivity contribution in [2.75, 3.05) is 24.6 Å². The Morgan fingerprint density at radius 1 is 1.42 bits per heavy atom. The molecule has 0 spiro atoms. The number of alkyl halides is 2. The molecule has 0 atom stereocenters. The Balaban J connectivity index is 2.34. The SMILES string of the molecule is NCc1cc2c(nc1N(CCO)CC(F)F)CCC2. The summed E-state index contributed by atoms with van der Waals surface area (Å²) >= 11 is 0. The summed E-state index contributed by atoms with van der Waals surface area (Å²) in [6, 6.07) is 1.97. The molecule has 1 heterocycles. The molecule has 0 amide bonds. The monoisotopic (exact) mass is 271 g/mol. The third-order valence-corrected chi connectivity index (χ3v) is 3.35. The number of nitrogens with zero attached hydrogens (tertiary/aromatic N) is 2. The number of aliphatic hydroxyl groups excluding tert-OH is 1. The van der Waals surface area contributed by atoms with E-state index in [0.29, 0.717) is 5.82 Å². The summed E-state index contributed by atoms with van der Waals surface area (Å²) in [6.07, 6.45) is 0.441. The average molecular weight is 271 g/mol. The maximum atomic E-state index is 12.6. The first kappa shape index (κ1) is 14.1. The Kier molecular flexibility index (Phi) is 4.66. The first-order valence-electron chi connectivity index (χ1n) is 6.51. The van der Waals surface area contributed by atoms with E-state index in [1.807, 2.05) is 6.07 Å². The normalized spacial score (nSPS) is 13.9. The lowest BCUT2D eigenvalue weighted by Gasteiger charge is -2.25. The van der Waals surface area contributed by atoms with Gasteiger partial charge >= 0.3 is 0 Å². The number of anilines is 1. The Morgan fingerprint density at radius 3 is 2.84 bits per heavy atom. The lowest BCUT2D eigenvalue weighted by molar-refractivity contribution is 0.152. The zero-order valence-electron chi connectivity index (χ0n) is 10.8. The van der Waals surface area contributed by atoms with Crippen molar-refractivity contribution in [3.8, 4) is 0 Å². The van der Waals surface area contributed by atoms with Gasteiger partial charge in [0.1, 0.15) is 5.82 Å². The number of aliphatic hydroxyl groups is 1. The lowest BCUT2D eigenvalue weighted by atomic mass is 10.1. The van der Waals surface area contributed by atoms with Crippen LogP contribution in [0.15, 0.2) is 6.07 Å². The molecule has 0 fully saturated rings. The Morgan fingerprint density at radius 2 is 2.21 bits per heavy atom. The summed E-state index contributed by atoms with van der Waals surface area (Å²) in [7, 11) is 0. The molecular weight excluding hydrogens is 252 g/mol. The van der Waals surface area contributed by atoms with Gasteiger partial charge in [0.25, 0.3) is 6.43 Å². The number of pyridine rings is 1. The quantitative estimate of drug-likeness (QED) is 0.813. The van der Waals surface area contributed by atoms with Crippen LogP contribution in [-0.4, -0.2) is 36.2 Å². The van der Waals surface area contributed by atoms with Gasteiger partial charge in [0, 0.05) is 24.3 Å². The predicted octanol–water partition coefficient (Wildman–Crippen LogP) is 1.09. The van der Waals surface area contributed by atoms with E-state index in [1.165, 1.54) is 10.5 Å². The second-order valence-corrected chi connectivity index (χ2v) is 4.70. The van der Waals surface area contributed by atoms with Crippen molar-refractivity contribution in [3.63, 3.8) is 0 Å². The predicted molar refractivity (Wildman–Crippen MR) is 69.5 cm³/mol. The van der Waals surface area contributed by atoms with Crippen LogP contribution in [0.25, 0.3) is 0 Å². The van der Waals surface area contributed by atoms with Gasteiger partial charge in [-0.3, -0.25) is 0 Å². The Hall–Kier alpha value is -1.27. The highest BCUT2D eigenvalue weighted by Crippen LogP contribution is 2.27. The van der Waals surface area contributed by atoms with Gasteiger partial charge in [-0.2, -0.15) is 0 Å².